The number of rotatable bonds is 8. The molecule has 2 N–H and O–H groups in total. The summed E-state index contributed by atoms with van der Waals surface area (Å²) in [6.07, 6.45) is -4.76. The van der Waals surface area contributed by atoms with Crippen LogP contribution in [0.25, 0.3) is 11.3 Å². The summed E-state index contributed by atoms with van der Waals surface area (Å²) in [7, 11) is 3.90. The molecule has 0 fully saturated rings. The molecule has 0 spiro atoms. The fourth-order valence-electron chi connectivity index (χ4n) is 2.65. The van der Waals surface area contributed by atoms with Gasteiger partial charge in [-0.05, 0) is 38.4 Å². The molecule has 0 radical (unpaired) electrons. The number of benzene rings is 2. The second-order valence-electron chi connectivity index (χ2n) is 6.76. The second kappa shape index (κ2) is 9.45. The lowest BCUT2D eigenvalue weighted by Gasteiger charge is -2.14. The van der Waals surface area contributed by atoms with Crippen LogP contribution in [0.3, 0.4) is 0 Å². The molecule has 0 amide bonds. The predicted octanol–water partition coefficient (Wildman–Crippen LogP) is 4.76. The van der Waals surface area contributed by atoms with E-state index >= 15 is 0 Å². The third-order valence-corrected chi connectivity index (χ3v) is 3.98. The highest BCUT2D eigenvalue weighted by Crippen LogP contribution is 2.29. The number of alkyl halides is 3. The molecular weight excluding hydrogens is 395 g/mol. The van der Waals surface area contributed by atoms with E-state index < -0.39 is 6.36 Å². The summed E-state index contributed by atoms with van der Waals surface area (Å²) in [5, 5.41) is 6.34. The molecule has 6 nitrogen and oxygen atoms in total. The Morgan fingerprint density at radius 3 is 2.43 bits per heavy atom. The first-order chi connectivity index (χ1) is 14.3. The van der Waals surface area contributed by atoms with Crippen molar-refractivity contribution in [1.29, 1.82) is 0 Å². The van der Waals surface area contributed by atoms with Crippen molar-refractivity contribution in [2.45, 2.75) is 6.36 Å². The summed E-state index contributed by atoms with van der Waals surface area (Å²) in [6.45, 7) is 1.38. The summed E-state index contributed by atoms with van der Waals surface area (Å²) in [5.74, 6) is 0.578. The Balaban J connectivity index is 1.92. The zero-order chi connectivity index (χ0) is 21.6. The minimum Gasteiger partial charge on any atom is -0.406 e. The molecule has 1 heterocycles. The van der Waals surface area contributed by atoms with E-state index in [0.717, 1.165) is 12.2 Å². The van der Waals surface area contributed by atoms with Gasteiger partial charge in [0.25, 0.3) is 0 Å². The quantitative estimate of drug-likeness (QED) is 0.551. The molecule has 0 saturated heterocycles. The van der Waals surface area contributed by atoms with Gasteiger partial charge in [0.2, 0.25) is 5.95 Å². The molecule has 0 saturated carbocycles. The van der Waals surface area contributed by atoms with Crippen LogP contribution in [-0.4, -0.2) is 48.4 Å². The van der Waals surface area contributed by atoms with E-state index in [1.165, 1.54) is 18.2 Å². The third-order valence-electron chi connectivity index (χ3n) is 3.98. The number of anilines is 3. The van der Waals surface area contributed by atoms with Crippen molar-refractivity contribution >= 4 is 17.5 Å². The number of hydrogen-bond acceptors (Lipinski definition) is 6. The normalized spacial score (nSPS) is 11.4. The van der Waals surface area contributed by atoms with E-state index in [4.69, 9.17) is 0 Å². The fraction of sp³-hybridized carbons (Fsp3) is 0.238. The number of halogens is 3. The SMILES string of the molecule is CN(C)CCNc1nc(Nc2ccccc2)cc(-c2cccc(OC(F)(F)F)c2)n1. The fourth-order valence-corrected chi connectivity index (χ4v) is 2.65. The maximum absolute atomic E-state index is 12.6. The van der Waals surface area contributed by atoms with E-state index in [9.17, 15) is 13.2 Å². The Morgan fingerprint density at radius 1 is 0.967 bits per heavy atom. The van der Waals surface area contributed by atoms with Crippen LogP contribution in [0.4, 0.5) is 30.6 Å². The minimum absolute atomic E-state index is 0.307. The first-order valence-electron chi connectivity index (χ1n) is 9.24. The monoisotopic (exact) mass is 417 g/mol. The summed E-state index contributed by atoms with van der Waals surface area (Å²) < 4.78 is 41.8. The Morgan fingerprint density at radius 2 is 1.73 bits per heavy atom. The highest BCUT2D eigenvalue weighted by molar-refractivity contribution is 5.68. The van der Waals surface area contributed by atoms with Crippen LogP contribution in [0, 0.1) is 0 Å². The third kappa shape index (κ3) is 6.63. The number of para-hydroxylation sites is 1. The average Bonchev–Trinajstić information content (AvgIpc) is 2.67. The van der Waals surface area contributed by atoms with Gasteiger partial charge in [-0.25, -0.2) is 4.98 Å². The Hall–Kier alpha value is -3.33. The second-order valence-corrected chi connectivity index (χ2v) is 6.76. The predicted molar refractivity (Wildman–Crippen MR) is 111 cm³/mol. The molecule has 0 atom stereocenters. The summed E-state index contributed by atoms with van der Waals surface area (Å²) >= 11 is 0. The van der Waals surface area contributed by atoms with Crippen LogP contribution in [-0.2, 0) is 0 Å². The number of likely N-dealkylation sites (N-methyl/N-ethyl adjacent to an activating group) is 1. The van der Waals surface area contributed by atoms with Gasteiger partial charge in [-0.3, -0.25) is 0 Å². The van der Waals surface area contributed by atoms with E-state index in [-0.39, 0.29) is 5.75 Å². The van der Waals surface area contributed by atoms with E-state index in [2.05, 4.69) is 25.3 Å². The first kappa shape index (κ1) is 21.4. The molecule has 9 heteroatoms. The standard InChI is InChI=1S/C21H22F3N5O/c1-29(2)12-11-25-20-27-18(14-19(28-20)26-16-8-4-3-5-9-16)15-7-6-10-17(13-15)30-21(22,23)24/h3-10,13-14H,11-12H2,1-2H3,(H2,25,26,27,28). The molecule has 0 bridgehead atoms. The molecule has 0 unspecified atom stereocenters. The number of nitrogens with one attached hydrogen (secondary N) is 2. The zero-order valence-corrected chi connectivity index (χ0v) is 16.6. The Labute approximate surface area is 172 Å². The molecule has 0 aliphatic heterocycles. The molecule has 3 aromatic rings. The van der Waals surface area contributed by atoms with Crippen molar-refractivity contribution < 1.29 is 17.9 Å². The first-order valence-corrected chi connectivity index (χ1v) is 9.24. The van der Waals surface area contributed by atoms with Gasteiger partial charge in [-0.2, -0.15) is 4.98 Å². The van der Waals surface area contributed by atoms with Crippen LogP contribution < -0.4 is 15.4 Å². The van der Waals surface area contributed by atoms with Crippen LogP contribution in [0.15, 0.2) is 60.7 Å². The van der Waals surface area contributed by atoms with Gasteiger partial charge in [0.15, 0.2) is 0 Å². The van der Waals surface area contributed by atoms with Crippen molar-refractivity contribution in [3.8, 4) is 17.0 Å². The molecule has 0 aliphatic rings. The van der Waals surface area contributed by atoms with Gasteiger partial charge in [-0.15, -0.1) is 13.2 Å². The minimum atomic E-state index is -4.76. The zero-order valence-electron chi connectivity index (χ0n) is 16.6. The smallest absolute Gasteiger partial charge is 0.406 e. The van der Waals surface area contributed by atoms with Gasteiger partial charge < -0.3 is 20.3 Å². The topological polar surface area (TPSA) is 62.3 Å². The molecule has 3 rings (SSSR count). The van der Waals surface area contributed by atoms with Crippen molar-refractivity contribution in [2.75, 3.05) is 37.8 Å². The number of aromatic nitrogens is 2. The maximum atomic E-state index is 12.6. The van der Waals surface area contributed by atoms with Gasteiger partial charge in [0.05, 0.1) is 5.69 Å². The van der Waals surface area contributed by atoms with Crippen LogP contribution in [0.2, 0.25) is 0 Å². The van der Waals surface area contributed by atoms with Crippen LogP contribution in [0.5, 0.6) is 5.75 Å². The highest BCUT2D eigenvalue weighted by Gasteiger charge is 2.31. The Bertz CT molecular complexity index is 964. The maximum Gasteiger partial charge on any atom is 0.573 e. The number of ether oxygens (including phenoxy) is 1. The summed E-state index contributed by atoms with van der Waals surface area (Å²) in [4.78, 5) is 10.9. The van der Waals surface area contributed by atoms with E-state index in [1.807, 2.05) is 49.3 Å². The van der Waals surface area contributed by atoms with Crippen molar-refractivity contribution in [3.05, 3.63) is 60.7 Å². The Kier molecular flexibility index (Phi) is 6.73. The summed E-state index contributed by atoms with van der Waals surface area (Å²) in [6, 6.07) is 16.8. The van der Waals surface area contributed by atoms with Crippen molar-refractivity contribution in [3.63, 3.8) is 0 Å². The number of hydrogen-bond donors (Lipinski definition) is 2. The lowest BCUT2D eigenvalue weighted by atomic mass is 10.1. The molecule has 1 aromatic heterocycles. The molecule has 2 aromatic carbocycles. The van der Waals surface area contributed by atoms with Gasteiger partial charge in [-0.1, -0.05) is 30.3 Å². The number of nitrogens with zero attached hydrogens (tertiary/aromatic N) is 3. The largest absolute Gasteiger partial charge is 0.573 e. The van der Waals surface area contributed by atoms with Crippen molar-refractivity contribution in [2.24, 2.45) is 0 Å². The van der Waals surface area contributed by atoms with Gasteiger partial charge >= 0.3 is 6.36 Å². The lowest BCUT2D eigenvalue weighted by Crippen LogP contribution is -2.21. The van der Waals surface area contributed by atoms with Gasteiger partial charge in [0, 0.05) is 30.4 Å². The van der Waals surface area contributed by atoms with Crippen molar-refractivity contribution in [1.82, 2.24) is 14.9 Å². The van der Waals surface area contributed by atoms with E-state index in [1.54, 1.807) is 12.1 Å². The highest BCUT2D eigenvalue weighted by atomic mass is 19.4. The van der Waals surface area contributed by atoms with Crippen LogP contribution >= 0.6 is 0 Å². The molecule has 0 aliphatic carbocycles. The van der Waals surface area contributed by atoms with E-state index in [0.29, 0.717) is 29.6 Å². The molecule has 158 valence electrons. The molecular formula is C21H22F3N5O. The molecule has 30 heavy (non-hydrogen) atoms. The van der Waals surface area contributed by atoms with Crippen LogP contribution in [0.1, 0.15) is 0 Å². The summed E-state index contributed by atoms with van der Waals surface area (Å²) in [5.41, 5.74) is 1.77. The van der Waals surface area contributed by atoms with Gasteiger partial charge in [0.1, 0.15) is 11.6 Å². The lowest BCUT2D eigenvalue weighted by molar-refractivity contribution is -0.274. The average molecular weight is 417 g/mol.